The molecule has 0 saturated carbocycles. The van der Waals surface area contributed by atoms with Crippen molar-refractivity contribution in [2.75, 3.05) is 20.1 Å². The molecule has 0 bridgehead atoms. The monoisotopic (exact) mass is 378 g/mol. The van der Waals surface area contributed by atoms with Crippen LogP contribution in [0.1, 0.15) is 25.1 Å². The largest absolute Gasteiger partial charge is 0.444 e. The fourth-order valence-corrected chi connectivity index (χ4v) is 3.70. The molecule has 0 aliphatic carbocycles. The number of benzene rings is 1. The van der Waals surface area contributed by atoms with Crippen LogP contribution < -0.4 is 5.32 Å². The van der Waals surface area contributed by atoms with Gasteiger partial charge in [0.2, 0.25) is 5.89 Å². The van der Waals surface area contributed by atoms with E-state index in [4.69, 9.17) is 4.42 Å². The molecule has 0 amide bonds. The maximum absolute atomic E-state index is 5.63. The fraction of sp³-hybridized carbons (Fsp3) is 0.381. The molecule has 7 nitrogen and oxygen atoms in total. The van der Waals surface area contributed by atoms with E-state index in [1.54, 1.807) is 6.26 Å². The molecular weight excluding hydrogens is 352 g/mol. The van der Waals surface area contributed by atoms with Crippen molar-refractivity contribution >= 4 is 5.96 Å². The van der Waals surface area contributed by atoms with E-state index >= 15 is 0 Å². The molecule has 2 atom stereocenters. The van der Waals surface area contributed by atoms with Crippen molar-refractivity contribution in [1.29, 1.82) is 0 Å². The third-order valence-corrected chi connectivity index (χ3v) is 5.34. The smallest absolute Gasteiger partial charge is 0.226 e. The highest BCUT2D eigenvalue weighted by molar-refractivity contribution is 5.80. The molecule has 0 spiro atoms. The molecule has 1 aromatic carbocycles. The second-order valence-electron chi connectivity index (χ2n) is 7.20. The van der Waals surface area contributed by atoms with E-state index < -0.39 is 0 Å². The minimum Gasteiger partial charge on any atom is -0.444 e. The Labute approximate surface area is 165 Å². The van der Waals surface area contributed by atoms with Crippen LogP contribution in [0.25, 0.3) is 11.5 Å². The zero-order valence-electron chi connectivity index (χ0n) is 16.3. The Balaban J connectivity index is 1.39. The summed E-state index contributed by atoms with van der Waals surface area (Å²) in [6, 6.07) is 10.3. The molecule has 1 aliphatic heterocycles. The summed E-state index contributed by atoms with van der Waals surface area (Å²) in [4.78, 5) is 15.6. The molecule has 7 heteroatoms. The number of aromatic nitrogens is 3. The Bertz CT molecular complexity index is 902. The summed E-state index contributed by atoms with van der Waals surface area (Å²) in [7, 11) is 1.82. The van der Waals surface area contributed by atoms with Crippen LogP contribution in [0.4, 0.5) is 0 Å². The number of nitrogens with one attached hydrogen (secondary N) is 1. The van der Waals surface area contributed by atoms with Gasteiger partial charge in [0.15, 0.2) is 5.96 Å². The standard InChI is InChI=1S/C21H26N6O/c1-16-8-10-26(13-19(16)27-11-9-23-15-27)21(22-2)24-12-18-14-28-20(25-18)17-6-4-3-5-7-17/h3-7,9,11,14-16,19H,8,10,12-13H2,1-2H3,(H,22,24). The van der Waals surface area contributed by atoms with Crippen LogP contribution in [0.15, 0.2) is 64.7 Å². The topological polar surface area (TPSA) is 71.5 Å². The van der Waals surface area contributed by atoms with Crippen LogP contribution in [0, 0.1) is 5.92 Å². The van der Waals surface area contributed by atoms with Gasteiger partial charge in [0, 0.05) is 38.1 Å². The molecule has 4 rings (SSSR count). The average molecular weight is 378 g/mol. The van der Waals surface area contributed by atoms with Crippen LogP contribution in [0.2, 0.25) is 0 Å². The van der Waals surface area contributed by atoms with Crippen LogP contribution in [-0.2, 0) is 6.54 Å². The third-order valence-electron chi connectivity index (χ3n) is 5.34. The lowest BCUT2D eigenvalue weighted by Gasteiger charge is -2.39. The van der Waals surface area contributed by atoms with Gasteiger partial charge in [0.1, 0.15) is 6.26 Å². The Morgan fingerprint density at radius 1 is 1.32 bits per heavy atom. The second-order valence-corrected chi connectivity index (χ2v) is 7.20. The number of hydrogen-bond acceptors (Lipinski definition) is 4. The predicted molar refractivity (Wildman–Crippen MR) is 109 cm³/mol. The fourth-order valence-electron chi connectivity index (χ4n) is 3.70. The first kappa shape index (κ1) is 18.3. The summed E-state index contributed by atoms with van der Waals surface area (Å²) in [6.07, 6.45) is 8.61. The highest BCUT2D eigenvalue weighted by atomic mass is 16.3. The number of rotatable bonds is 4. The lowest BCUT2D eigenvalue weighted by Crippen LogP contribution is -2.48. The van der Waals surface area contributed by atoms with E-state index in [1.165, 1.54) is 0 Å². The van der Waals surface area contributed by atoms with Crippen LogP contribution in [-0.4, -0.2) is 45.5 Å². The van der Waals surface area contributed by atoms with Gasteiger partial charge >= 0.3 is 0 Å². The number of hydrogen-bond donors (Lipinski definition) is 1. The van der Waals surface area contributed by atoms with Gasteiger partial charge in [-0.05, 0) is 24.5 Å². The van der Waals surface area contributed by atoms with E-state index in [0.717, 1.165) is 36.7 Å². The summed E-state index contributed by atoms with van der Waals surface area (Å²) in [5.41, 5.74) is 1.84. The van der Waals surface area contributed by atoms with E-state index in [-0.39, 0.29) is 0 Å². The van der Waals surface area contributed by atoms with Gasteiger partial charge in [0.05, 0.1) is 24.6 Å². The number of oxazole rings is 1. The minimum atomic E-state index is 0.395. The average Bonchev–Trinajstić information content (AvgIpc) is 3.42. The predicted octanol–water partition coefficient (Wildman–Crippen LogP) is 3.20. The molecule has 2 aromatic heterocycles. The first-order valence-corrected chi connectivity index (χ1v) is 9.67. The van der Waals surface area contributed by atoms with Gasteiger partial charge in [0.25, 0.3) is 0 Å². The maximum Gasteiger partial charge on any atom is 0.226 e. The Morgan fingerprint density at radius 2 is 2.18 bits per heavy atom. The van der Waals surface area contributed by atoms with Gasteiger partial charge in [-0.3, -0.25) is 4.99 Å². The van der Waals surface area contributed by atoms with Crippen molar-refractivity contribution in [2.45, 2.75) is 25.9 Å². The van der Waals surface area contributed by atoms with Gasteiger partial charge in [-0.1, -0.05) is 25.1 Å². The molecule has 1 N–H and O–H groups in total. The molecular formula is C21H26N6O. The zero-order valence-corrected chi connectivity index (χ0v) is 16.3. The number of guanidine groups is 1. The maximum atomic E-state index is 5.63. The number of imidazole rings is 1. The summed E-state index contributed by atoms with van der Waals surface area (Å²) in [6.45, 7) is 4.77. The van der Waals surface area contributed by atoms with Gasteiger partial charge < -0.3 is 19.2 Å². The lowest BCUT2D eigenvalue weighted by molar-refractivity contribution is 0.189. The van der Waals surface area contributed by atoms with Crippen LogP contribution >= 0.6 is 0 Å². The third kappa shape index (κ3) is 3.93. The van der Waals surface area contributed by atoms with Crippen molar-refractivity contribution in [3.8, 4) is 11.5 Å². The Kier molecular flexibility index (Phi) is 5.41. The van der Waals surface area contributed by atoms with Gasteiger partial charge in [-0.2, -0.15) is 0 Å². The zero-order chi connectivity index (χ0) is 19.3. The normalized spacial score (nSPS) is 20.4. The molecule has 2 unspecified atom stereocenters. The van der Waals surface area contributed by atoms with Crippen molar-refractivity contribution in [2.24, 2.45) is 10.9 Å². The molecule has 146 valence electrons. The van der Waals surface area contributed by atoms with Gasteiger partial charge in [-0.25, -0.2) is 9.97 Å². The number of nitrogens with zero attached hydrogens (tertiary/aromatic N) is 5. The van der Waals surface area contributed by atoms with E-state index in [1.807, 2.05) is 56.1 Å². The summed E-state index contributed by atoms with van der Waals surface area (Å²) in [5.74, 6) is 2.13. The van der Waals surface area contributed by atoms with Crippen LogP contribution in [0.3, 0.4) is 0 Å². The first-order valence-electron chi connectivity index (χ1n) is 9.67. The minimum absolute atomic E-state index is 0.395. The van der Waals surface area contributed by atoms with Crippen LogP contribution in [0.5, 0.6) is 0 Å². The summed E-state index contributed by atoms with van der Waals surface area (Å²) in [5, 5.41) is 3.43. The molecule has 0 radical (unpaired) electrons. The Morgan fingerprint density at radius 3 is 2.93 bits per heavy atom. The molecule has 1 fully saturated rings. The van der Waals surface area contributed by atoms with Crippen molar-refractivity contribution in [1.82, 2.24) is 24.8 Å². The van der Waals surface area contributed by atoms with E-state index in [2.05, 4.69) is 36.7 Å². The Hall–Kier alpha value is -3.09. The second kappa shape index (κ2) is 8.29. The van der Waals surface area contributed by atoms with E-state index in [9.17, 15) is 0 Å². The SMILES string of the molecule is CN=C(NCc1coc(-c2ccccc2)n1)N1CCC(C)C(n2ccnc2)C1. The van der Waals surface area contributed by atoms with Crippen molar-refractivity contribution in [3.63, 3.8) is 0 Å². The molecule has 1 aliphatic rings. The number of piperidine rings is 1. The highest BCUT2D eigenvalue weighted by Gasteiger charge is 2.28. The van der Waals surface area contributed by atoms with Crippen molar-refractivity contribution in [3.05, 3.63) is 61.0 Å². The molecule has 1 saturated heterocycles. The van der Waals surface area contributed by atoms with Gasteiger partial charge in [-0.15, -0.1) is 0 Å². The molecule has 28 heavy (non-hydrogen) atoms. The quantitative estimate of drug-likeness (QED) is 0.558. The molecule has 3 heterocycles. The summed E-state index contributed by atoms with van der Waals surface area (Å²) >= 11 is 0. The number of aliphatic imine (C=N–C) groups is 1. The number of likely N-dealkylation sites (tertiary alicyclic amines) is 1. The summed E-state index contributed by atoms with van der Waals surface area (Å²) < 4.78 is 7.83. The highest BCUT2D eigenvalue weighted by Crippen LogP contribution is 2.27. The molecule has 3 aromatic rings. The van der Waals surface area contributed by atoms with Crippen molar-refractivity contribution < 1.29 is 4.42 Å². The first-order chi connectivity index (χ1) is 13.7. The van der Waals surface area contributed by atoms with E-state index in [0.29, 0.717) is 24.4 Å². The lowest BCUT2D eigenvalue weighted by atomic mass is 9.93.